The summed E-state index contributed by atoms with van der Waals surface area (Å²) in [6, 6.07) is 14.5. The third kappa shape index (κ3) is 6.76. The molecule has 1 unspecified atom stereocenters. The van der Waals surface area contributed by atoms with Crippen molar-refractivity contribution in [3.63, 3.8) is 0 Å². The van der Waals surface area contributed by atoms with Gasteiger partial charge in [-0.1, -0.05) is 85.2 Å². The monoisotopic (exact) mass is 527 g/mol. The number of rotatable bonds is 10. The molecule has 0 saturated carbocycles. The number of fused-ring (bicyclic) bond motifs is 1. The highest BCUT2D eigenvalue weighted by Gasteiger charge is 2.35. The Morgan fingerprint density at radius 1 is 1.06 bits per heavy atom. The Balaban J connectivity index is 2.30. The highest BCUT2D eigenvalue weighted by Crippen LogP contribution is 2.39. The minimum absolute atomic E-state index is 0.0874. The molecule has 0 aliphatic carbocycles. The van der Waals surface area contributed by atoms with Gasteiger partial charge < -0.3 is 9.12 Å². The van der Waals surface area contributed by atoms with Crippen molar-refractivity contribution in [3.8, 4) is 0 Å². The molecule has 3 aromatic rings. The summed E-state index contributed by atoms with van der Waals surface area (Å²) in [5, 5.41) is 1.75. The maximum atomic E-state index is 14.1. The van der Waals surface area contributed by atoms with Crippen molar-refractivity contribution in [1.82, 2.24) is 4.57 Å². The average molecular weight is 528 g/mol. The summed E-state index contributed by atoms with van der Waals surface area (Å²) in [4.78, 5) is 14.0. The van der Waals surface area contributed by atoms with Crippen molar-refractivity contribution >= 4 is 39.5 Å². The Morgan fingerprint density at radius 2 is 1.69 bits per heavy atom. The Hall–Kier alpha value is -1.75. The largest absolute Gasteiger partial charge is 0.611 e. The molecule has 196 valence electrons. The minimum Gasteiger partial charge on any atom is -0.611 e. The molecular weight excluding hydrogens is 486 g/mol. The van der Waals surface area contributed by atoms with E-state index in [-0.39, 0.29) is 11.2 Å². The first-order valence-corrected chi connectivity index (χ1v) is 14.7. The van der Waals surface area contributed by atoms with Gasteiger partial charge in [0.25, 0.3) is 0 Å². The number of aromatic nitrogens is 1. The molecule has 3 nitrogen and oxygen atoms in total. The van der Waals surface area contributed by atoms with Crippen molar-refractivity contribution < 1.29 is 9.35 Å². The molecular formula is C31H42ClNO2S. The molecule has 0 bridgehead atoms. The van der Waals surface area contributed by atoms with E-state index in [1.54, 1.807) is 0 Å². The van der Waals surface area contributed by atoms with Crippen molar-refractivity contribution in [1.29, 1.82) is 0 Å². The number of benzene rings is 2. The smallest absolute Gasteiger partial charge is 0.181 e. The molecule has 0 fully saturated rings. The van der Waals surface area contributed by atoms with Crippen LogP contribution in [0.5, 0.6) is 0 Å². The van der Waals surface area contributed by atoms with Gasteiger partial charge in [-0.25, -0.2) is 0 Å². The van der Waals surface area contributed by atoms with Gasteiger partial charge in [-0.15, -0.1) is 0 Å². The van der Waals surface area contributed by atoms with Crippen LogP contribution in [-0.4, -0.2) is 20.7 Å². The summed E-state index contributed by atoms with van der Waals surface area (Å²) in [5.41, 5.74) is 3.79. The van der Waals surface area contributed by atoms with Gasteiger partial charge >= 0.3 is 0 Å². The van der Waals surface area contributed by atoms with Gasteiger partial charge in [-0.3, -0.25) is 4.79 Å². The lowest BCUT2D eigenvalue weighted by Crippen LogP contribution is -2.29. The van der Waals surface area contributed by atoms with E-state index in [9.17, 15) is 9.35 Å². The second-order valence-electron chi connectivity index (χ2n) is 12.2. The Bertz CT molecular complexity index is 1200. The second-order valence-corrected chi connectivity index (χ2v) is 14.0. The van der Waals surface area contributed by atoms with Gasteiger partial charge in [0.1, 0.15) is 11.5 Å². The number of hydrogen-bond donors (Lipinski definition) is 0. The predicted molar refractivity (Wildman–Crippen MR) is 155 cm³/mol. The number of carbonyl (C=O) groups excluding carboxylic acids is 1. The van der Waals surface area contributed by atoms with Crippen LogP contribution in [0.1, 0.15) is 91.0 Å². The van der Waals surface area contributed by atoms with E-state index in [2.05, 4.69) is 57.4 Å². The highest BCUT2D eigenvalue weighted by molar-refractivity contribution is 7.91. The zero-order chi connectivity index (χ0) is 26.8. The quantitative estimate of drug-likeness (QED) is 0.248. The van der Waals surface area contributed by atoms with Crippen LogP contribution in [0.3, 0.4) is 0 Å². The fourth-order valence-electron chi connectivity index (χ4n) is 4.68. The summed E-state index contributed by atoms with van der Waals surface area (Å²) < 4.78 is 16.4. The number of halogens is 1. The maximum absolute atomic E-state index is 14.1. The number of nitrogens with zero attached hydrogens (tertiary/aromatic N) is 1. The number of ketones is 1. The van der Waals surface area contributed by atoms with E-state index < -0.39 is 16.6 Å². The predicted octanol–water partition coefficient (Wildman–Crippen LogP) is 8.56. The van der Waals surface area contributed by atoms with Crippen LogP contribution in [-0.2, 0) is 28.9 Å². The molecule has 36 heavy (non-hydrogen) atoms. The summed E-state index contributed by atoms with van der Waals surface area (Å²) in [6.45, 7) is 17.5. The molecule has 1 aromatic heterocycles. The van der Waals surface area contributed by atoms with Crippen LogP contribution in [0.2, 0.25) is 5.02 Å². The first-order chi connectivity index (χ1) is 16.7. The molecule has 2 aromatic carbocycles. The van der Waals surface area contributed by atoms with Crippen LogP contribution in [0.4, 0.5) is 0 Å². The van der Waals surface area contributed by atoms with Crippen LogP contribution in [0.25, 0.3) is 10.9 Å². The van der Waals surface area contributed by atoms with Crippen molar-refractivity contribution in [2.45, 2.75) is 92.0 Å². The van der Waals surface area contributed by atoms with E-state index in [1.165, 1.54) is 5.56 Å². The van der Waals surface area contributed by atoms with Gasteiger partial charge in [-0.2, -0.15) is 0 Å². The molecule has 0 saturated heterocycles. The fraction of sp³-hybridized carbons (Fsp3) is 0.516. The normalized spacial score (nSPS) is 13.5. The fourth-order valence-corrected chi connectivity index (χ4v) is 6.60. The summed E-state index contributed by atoms with van der Waals surface area (Å²) in [6.07, 6.45) is 1.94. The van der Waals surface area contributed by atoms with Crippen molar-refractivity contribution in [2.24, 2.45) is 10.8 Å². The molecule has 3 rings (SSSR count). The van der Waals surface area contributed by atoms with Crippen molar-refractivity contribution in [3.05, 3.63) is 64.3 Å². The third-order valence-corrected chi connectivity index (χ3v) is 8.99. The van der Waals surface area contributed by atoms with E-state index >= 15 is 0 Å². The molecule has 1 atom stereocenters. The van der Waals surface area contributed by atoms with Crippen molar-refractivity contribution in [2.75, 3.05) is 5.75 Å². The molecule has 0 N–H and O–H groups in total. The molecule has 0 aliphatic rings. The Labute approximate surface area is 225 Å². The van der Waals surface area contributed by atoms with Gasteiger partial charge in [0.2, 0.25) is 0 Å². The van der Waals surface area contributed by atoms with Crippen LogP contribution in [0.15, 0.2) is 47.4 Å². The van der Waals surface area contributed by atoms with Gasteiger partial charge in [0, 0.05) is 35.2 Å². The molecule has 0 radical (unpaired) electrons. The lowest BCUT2D eigenvalue weighted by molar-refractivity contribution is -0.127. The van der Waals surface area contributed by atoms with Gasteiger partial charge in [-0.05, 0) is 58.9 Å². The zero-order valence-corrected chi connectivity index (χ0v) is 24.8. The van der Waals surface area contributed by atoms with Gasteiger partial charge in [0.05, 0.1) is 16.6 Å². The minimum atomic E-state index is -1.21. The van der Waals surface area contributed by atoms with Crippen LogP contribution < -0.4 is 0 Å². The SMILES string of the molecule is CCCC(=O)C(C)(C)Cc1c([S+]([O-])CC(C)(C)C)c2cc(C(C)C)ccc2n1Cc1ccc(Cl)cc1. The highest BCUT2D eigenvalue weighted by atomic mass is 35.5. The summed E-state index contributed by atoms with van der Waals surface area (Å²) >= 11 is 4.96. The molecule has 0 amide bonds. The number of Topliss-reactive ketones (excluding diaryl/α,β-unsaturated/α-hetero) is 1. The molecule has 1 heterocycles. The lowest BCUT2D eigenvalue weighted by Gasteiger charge is -2.26. The van der Waals surface area contributed by atoms with Crippen LogP contribution >= 0.6 is 11.6 Å². The topological polar surface area (TPSA) is 45.1 Å². The van der Waals surface area contributed by atoms with E-state index in [0.29, 0.717) is 36.1 Å². The van der Waals surface area contributed by atoms with Crippen LogP contribution in [0, 0.1) is 10.8 Å². The van der Waals surface area contributed by atoms with E-state index in [0.717, 1.165) is 33.5 Å². The maximum Gasteiger partial charge on any atom is 0.181 e. The number of carbonyl (C=O) groups is 1. The second kappa shape index (κ2) is 11.3. The lowest BCUT2D eigenvalue weighted by atomic mass is 9.81. The Kier molecular flexibility index (Phi) is 9.07. The average Bonchev–Trinajstić information content (AvgIpc) is 3.06. The zero-order valence-electron chi connectivity index (χ0n) is 23.2. The third-order valence-electron chi connectivity index (χ3n) is 6.70. The van der Waals surface area contributed by atoms with Gasteiger partial charge in [0.15, 0.2) is 4.90 Å². The summed E-state index contributed by atoms with van der Waals surface area (Å²) in [5.74, 6) is 1.18. The summed E-state index contributed by atoms with van der Waals surface area (Å²) in [7, 11) is 0. The Morgan fingerprint density at radius 3 is 2.25 bits per heavy atom. The molecule has 5 heteroatoms. The molecule has 0 aliphatic heterocycles. The first kappa shape index (κ1) is 28.8. The van der Waals surface area contributed by atoms with E-state index in [4.69, 9.17) is 11.6 Å². The standard InChI is InChI=1S/C31H42ClNO2S/c1-9-10-28(34)31(7,8)18-27-29(36(35)20-30(4,5)6)25-17-23(21(2)3)13-16-26(25)33(27)19-22-11-14-24(32)15-12-22/h11-17,21H,9-10,18-20H2,1-8H3. The number of hydrogen-bond acceptors (Lipinski definition) is 2. The molecule has 0 spiro atoms. The first-order valence-electron chi connectivity index (χ1n) is 13.0. The van der Waals surface area contributed by atoms with E-state index in [1.807, 2.05) is 45.0 Å².